The summed E-state index contributed by atoms with van der Waals surface area (Å²) < 4.78 is 0. The van der Waals surface area contributed by atoms with Crippen LogP contribution in [0.15, 0.2) is 140 Å². The first-order chi connectivity index (χ1) is 19.8. The van der Waals surface area contributed by atoms with Crippen molar-refractivity contribution >= 4 is 21.9 Å². The van der Waals surface area contributed by atoms with E-state index in [1.165, 1.54) is 16.5 Å². The Balaban J connectivity index is 1.36. The molecule has 40 heavy (non-hydrogen) atoms. The third-order valence-corrected chi connectivity index (χ3v) is 7.44. The van der Waals surface area contributed by atoms with Crippen molar-refractivity contribution < 1.29 is 0 Å². The van der Waals surface area contributed by atoms with Gasteiger partial charge in [-0.25, -0.2) is 9.97 Å². The Morgan fingerprint density at radius 1 is 0.550 bits per heavy atom. The fraction of sp³-hybridized carbons (Fsp3) is 0.0541. The molecule has 0 radical (unpaired) electrons. The molecule has 7 rings (SSSR count). The molecule has 0 saturated heterocycles. The number of nitrogens with zero attached hydrogens (tertiary/aromatic N) is 3. The summed E-state index contributed by atoms with van der Waals surface area (Å²) in [5.41, 5.74) is 9.87. The molecule has 1 aliphatic rings. The Hall–Kier alpha value is -5.15. The largest absolute Gasteiger partial charge is 0.263 e. The average molecular weight is 514 g/mol. The summed E-state index contributed by atoms with van der Waals surface area (Å²) >= 11 is 0. The summed E-state index contributed by atoms with van der Waals surface area (Å²) in [6, 6.07) is 40.0. The number of benzene rings is 4. The van der Waals surface area contributed by atoms with Crippen LogP contribution in [0, 0.1) is 0 Å². The van der Waals surface area contributed by atoms with Crippen molar-refractivity contribution in [2.75, 3.05) is 0 Å². The second kappa shape index (κ2) is 10.5. The van der Waals surface area contributed by atoms with Gasteiger partial charge in [0.15, 0.2) is 5.82 Å². The Labute approximate surface area is 234 Å². The van der Waals surface area contributed by atoms with E-state index in [0.29, 0.717) is 0 Å². The van der Waals surface area contributed by atoms with Crippen molar-refractivity contribution in [2.24, 2.45) is 0 Å². The summed E-state index contributed by atoms with van der Waals surface area (Å²) in [6.07, 6.45) is 10.5. The van der Waals surface area contributed by atoms with E-state index in [1.807, 2.05) is 30.6 Å². The van der Waals surface area contributed by atoms with Crippen LogP contribution >= 0.6 is 0 Å². The van der Waals surface area contributed by atoms with Gasteiger partial charge >= 0.3 is 0 Å². The predicted octanol–water partition coefficient (Wildman–Crippen LogP) is 9.29. The predicted molar refractivity (Wildman–Crippen MR) is 165 cm³/mol. The topological polar surface area (TPSA) is 38.7 Å². The molecule has 0 atom stereocenters. The van der Waals surface area contributed by atoms with Crippen molar-refractivity contribution in [1.82, 2.24) is 15.0 Å². The van der Waals surface area contributed by atoms with E-state index in [-0.39, 0.29) is 0 Å². The van der Waals surface area contributed by atoms with E-state index >= 15 is 0 Å². The van der Waals surface area contributed by atoms with Gasteiger partial charge in [-0.1, -0.05) is 109 Å². The van der Waals surface area contributed by atoms with Crippen LogP contribution in [-0.2, 0) is 0 Å². The van der Waals surface area contributed by atoms with Gasteiger partial charge in [0.1, 0.15) is 0 Å². The van der Waals surface area contributed by atoms with Crippen LogP contribution in [0.4, 0.5) is 0 Å². The molecular formula is C37H27N3. The first-order valence-corrected chi connectivity index (χ1v) is 13.7. The number of fused-ring (bicyclic) bond motifs is 1. The zero-order valence-electron chi connectivity index (χ0n) is 22.0. The number of hydrogen-bond donors (Lipinski definition) is 0. The van der Waals surface area contributed by atoms with Crippen LogP contribution in [0.1, 0.15) is 24.1 Å². The zero-order valence-corrected chi connectivity index (χ0v) is 22.0. The quantitative estimate of drug-likeness (QED) is 0.231. The summed E-state index contributed by atoms with van der Waals surface area (Å²) in [7, 11) is 0. The summed E-state index contributed by atoms with van der Waals surface area (Å²) in [5.74, 6) is 0.728. The summed E-state index contributed by atoms with van der Waals surface area (Å²) in [4.78, 5) is 14.7. The molecule has 2 aromatic heterocycles. The van der Waals surface area contributed by atoms with Gasteiger partial charge in [-0.2, -0.15) is 0 Å². The molecular weight excluding hydrogens is 486 g/mol. The molecule has 6 aromatic rings. The van der Waals surface area contributed by atoms with E-state index in [9.17, 15) is 0 Å². The molecule has 1 aliphatic carbocycles. The van der Waals surface area contributed by atoms with Gasteiger partial charge in [0, 0.05) is 34.5 Å². The van der Waals surface area contributed by atoms with Crippen molar-refractivity contribution in [1.29, 1.82) is 0 Å². The third-order valence-electron chi connectivity index (χ3n) is 7.44. The highest BCUT2D eigenvalue weighted by atomic mass is 14.9. The summed E-state index contributed by atoms with van der Waals surface area (Å²) in [6.45, 7) is 0. The van der Waals surface area contributed by atoms with Crippen molar-refractivity contribution in [3.8, 4) is 33.8 Å². The zero-order chi connectivity index (χ0) is 26.7. The van der Waals surface area contributed by atoms with Gasteiger partial charge in [-0.05, 0) is 58.7 Å². The molecule has 0 aliphatic heterocycles. The number of hydrogen-bond acceptors (Lipinski definition) is 3. The maximum Gasteiger partial charge on any atom is 0.160 e. The van der Waals surface area contributed by atoms with Gasteiger partial charge in [0.25, 0.3) is 0 Å². The Bertz CT molecular complexity index is 1880. The van der Waals surface area contributed by atoms with E-state index < -0.39 is 0 Å². The lowest BCUT2D eigenvalue weighted by Gasteiger charge is -2.16. The molecule has 0 saturated carbocycles. The Morgan fingerprint density at radius 3 is 2.10 bits per heavy atom. The van der Waals surface area contributed by atoms with Crippen LogP contribution in [-0.4, -0.2) is 15.0 Å². The second-order valence-corrected chi connectivity index (χ2v) is 10.1. The molecule has 2 heterocycles. The van der Waals surface area contributed by atoms with Crippen molar-refractivity contribution in [3.05, 3.63) is 151 Å². The molecule has 4 aromatic carbocycles. The SMILES string of the molecule is C1=C(c2ccccc2)CCC=C1c1cc(-c2cccc(-c3cncc4ccccc34)c2)nc(-c2ccccc2)n1. The average Bonchev–Trinajstić information content (AvgIpc) is 3.05. The number of rotatable bonds is 5. The van der Waals surface area contributed by atoms with Gasteiger partial charge in [0.05, 0.1) is 11.4 Å². The molecule has 3 nitrogen and oxygen atoms in total. The van der Waals surface area contributed by atoms with E-state index in [4.69, 9.17) is 9.97 Å². The van der Waals surface area contributed by atoms with E-state index in [0.717, 1.165) is 63.3 Å². The number of aromatic nitrogens is 3. The minimum Gasteiger partial charge on any atom is -0.263 e. The highest BCUT2D eigenvalue weighted by Gasteiger charge is 2.15. The van der Waals surface area contributed by atoms with Crippen LogP contribution in [0.5, 0.6) is 0 Å². The van der Waals surface area contributed by atoms with Crippen LogP contribution < -0.4 is 0 Å². The van der Waals surface area contributed by atoms with Crippen LogP contribution in [0.25, 0.3) is 55.7 Å². The highest BCUT2D eigenvalue weighted by Crippen LogP contribution is 2.34. The van der Waals surface area contributed by atoms with Crippen LogP contribution in [0.2, 0.25) is 0 Å². The Morgan fingerprint density at radius 2 is 1.25 bits per heavy atom. The maximum absolute atomic E-state index is 5.07. The number of pyridine rings is 1. The monoisotopic (exact) mass is 513 g/mol. The van der Waals surface area contributed by atoms with Gasteiger partial charge in [-0.3, -0.25) is 4.98 Å². The minimum absolute atomic E-state index is 0.728. The molecule has 0 amide bonds. The standard InChI is InChI=1S/C37H27N3/c1-3-11-26(12-4-1)28-16-9-18-30(21-28)35-23-36(40-37(39-35)27-13-5-2-6-14-27)31-19-10-17-29(22-31)34-25-38-24-32-15-7-8-20-33(32)34/h1-8,10-15,17-25H,9,16H2. The summed E-state index contributed by atoms with van der Waals surface area (Å²) in [5, 5.41) is 2.32. The first kappa shape index (κ1) is 23.9. The number of allylic oxidation sites excluding steroid dienone is 4. The Kier molecular flexibility index (Phi) is 6.31. The van der Waals surface area contributed by atoms with Crippen molar-refractivity contribution in [2.45, 2.75) is 12.8 Å². The molecule has 0 bridgehead atoms. The maximum atomic E-state index is 5.07. The van der Waals surface area contributed by atoms with Crippen molar-refractivity contribution in [3.63, 3.8) is 0 Å². The fourth-order valence-electron chi connectivity index (χ4n) is 5.41. The third kappa shape index (κ3) is 4.74. The lowest BCUT2D eigenvalue weighted by Crippen LogP contribution is -2.00. The minimum atomic E-state index is 0.728. The normalized spacial score (nSPS) is 13.1. The fourth-order valence-corrected chi connectivity index (χ4v) is 5.41. The van der Waals surface area contributed by atoms with Gasteiger partial charge in [-0.15, -0.1) is 0 Å². The van der Waals surface area contributed by atoms with E-state index in [2.05, 4.69) is 114 Å². The van der Waals surface area contributed by atoms with Gasteiger partial charge < -0.3 is 0 Å². The van der Waals surface area contributed by atoms with E-state index in [1.54, 1.807) is 0 Å². The smallest absolute Gasteiger partial charge is 0.160 e. The molecule has 0 spiro atoms. The molecule has 3 heteroatoms. The molecule has 0 unspecified atom stereocenters. The second-order valence-electron chi connectivity index (χ2n) is 10.1. The lowest BCUT2D eigenvalue weighted by molar-refractivity contribution is 1.05. The lowest BCUT2D eigenvalue weighted by atomic mass is 9.92. The first-order valence-electron chi connectivity index (χ1n) is 13.7. The molecule has 0 fully saturated rings. The highest BCUT2D eigenvalue weighted by molar-refractivity contribution is 5.96. The van der Waals surface area contributed by atoms with Gasteiger partial charge in [0.2, 0.25) is 0 Å². The van der Waals surface area contributed by atoms with Crippen LogP contribution in [0.3, 0.4) is 0 Å². The molecule has 190 valence electrons. The molecule has 0 N–H and O–H groups in total.